The van der Waals surface area contributed by atoms with E-state index in [1.54, 1.807) is 12.1 Å². The number of hydrogen-bond acceptors (Lipinski definition) is 8. The van der Waals surface area contributed by atoms with Gasteiger partial charge in [-0.25, -0.2) is 5.43 Å². The molecule has 7 rings (SSSR count). The molecule has 11 heteroatoms. The highest BCUT2D eigenvalue weighted by molar-refractivity contribution is 5.95. The molecule has 3 N–H and O–H groups in total. The van der Waals surface area contributed by atoms with Crippen LogP contribution in [-0.4, -0.2) is 87.7 Å². The number of likely N-dealkylation sites (N-methyl/N-ethyl adjacent to an activating group) is 1. The molecule has 4 aromatic rings. The lowest BCUT2D eigenvalue weighted by Crippen LogP contribution is -2.61. The van der Waals surface area contributed by atoms with Crippen LogP contribution in [0.2, 0.25) is 0 Å². The number of carbonyl (C=O) groups is 3. The van der Waals surface area contributed by atoms with Gasteiger partial charge in [-0.1, -0.05) is 52.7 Å². The predicted molar refractivity (Wildman–Crippen MR) is 223 cm³/mol. The Kier molecular flexibility index (Phi) is 11.8. The summed E-state index contributed by atoms with van der Waals surface area (Å²) in [4.78, 5) is 49.2. The van der Waals surface area contributed by atoms with Gasteiger partial charge >= 0.3 is 5.97 Å². The van der Waals surface area contributed by atoms with Crippen LogP contribution >= 0.6 is 0 Å². The van der Waals surface area contributed by atoms with E-state index in [4.69, 9.17) is 9.72 Å². The smallest absolute Gasteiger partial charge is 0.324 e. The summed E-state index contributed by atoms with van der Waals surface area (Å²) in [6.07, 6.45) is 7.87. The van der Waals surface area contributed by atoms with Gasteiger partial charge in [0.05, 0.1) is 24.0 Å². The number of phenols is 1. The SMILES string of the molecule is CCn1c(-c2cccnc2C(C)C)c2c3cc(ccc31)-c1cc(O)cc(c1)C[C@H](NC(=O)[C@H](C1CCCC1)N(C)C)C(=O)N1CCC[C@H](N1)C(=O)OCC(C)(C)C2. The van der Waals surface area contributed by atoms with Gasteiger partial charge in [-0.05, 0) is 124 Å². The summed E-state index contributed by atoms with van der Waals surface area (Å²) in [7, 11) is 3.83. The average molecular weight is 777 g/mol. The zero-order valence-corrected chi connectivity index (χ0v) is 34.7. The Morgan fingerprint density at radius 2 is 1.82 bits per heavy atom. The number of hydrazine groups is 1. The number of aryl methyl sites for hydroxylation is 1. The molecule has 11 nitrogen and oxygen atoms in total. The van der Waals surface area contributed by atoms with Crippen LogP contribution < -0.4 is 10.7 Å². The fourth-order valence-corrected chi connectivity index (χ4v) is 9.49. The van der Waals surface area contributed by atoms with Gasteiger partial charge in [0.1, 0.15) is 17.8 Å². The molecular weight excluding hydrogens is 717 g/mol. The van der Waals surface area contributed by atoms with Gasteiger partial charge in [-0.3, -0.25) is 29.3 Å². The fourth-order valence-electron chi connectivity index (χ4n) is 9.49. The van der Waals surface area contributed by atoms with Crippen molar-refractivity contribution in [2.24, 2.45) is 11.3 Å². The maximum Gasteiger partial charge on any atom is 0.324 e. The number of nitrogens with zero attached hydrogens (tertiary/aromatic N) is 4. The second-order valence-electron chi connectivity index (χ2n) is 17.8. The number of phenolic OH excluding ortho intramolecular Hbond substituents is 1. The van der Waals surface area contributed by atoms with E-state index in [1.807, 2.05) is 37.3 Å². The van der Waals surface area contributed by atoms with E-state index in [9.17, 15) is 19.5 Å². The lowest BCUT2D eigenvalue weighted by molar-refractivity contribution is -0.155. The van der Waals surface area contributed by atoms with Gasteiger partial charge < -0.3 is 19.7 Å². The molecule has 304 valence electrons. The van der Waals surface area contributed by atoms with Crippen molar-refractivity contribution in [3.05, 3.63) is 71.5 Å². The van der Waals surface area contributed by atoms with Crippen molar-refractivity contribution in [3.63, 3.8) is 0 Å². The molecule has 6 bridgehead atoms. The molecular formula is C46H60N6O5. The maximum atomic E-state index is 14.5. The van der Waals surface area contributed by atoms with Gasteiger partial charge in [0.15, 0.2) is 0 Å². The predicted octanol–water partition coefficient (Wildman–Crippen LogP) is 6.99. The summed E-state index contributed by atoms with van der Waals surface area (Å²) in [6, 6.07) is 14.0. The summed E-state index contributed by atoms with van der Waals surface area (Å²) in [5, 5.41) is 16.9. The molecule has 2 aromatic carbocycles. The molecule has 1 saturated heterocycles. The molecule has 2 amide bonds. The van der Waals surface area contributed by atoms with Crippen LogP contribution in [0.3, 0.4) is 0 Å². The molecule has 2 aliphatic heterocycles. The number of hydrogen-bond donors (Lipinski definition) is 3. The topological polar surface area (TPSA) is 129 Å². The van der Waals surface area contributed by atoms with E-state index in [1.165, 1.54) is 5.01 Å². The number of ether oxygens (including phenoxy) is 1. The van der Waals surface area contributed by atoms with E-state index in [-0.39, 0.29) is 48.5 Å². The molecule has 4 heterocycles. The Morgan fingerprint density at radius 1 is 1.05 bits per heavy atom. The summed E-state index contributed by atoms with van der Waals surface area (Å²) in [5.74, 6) is -0.433. The molecule has 1 aliphatic carbocycles. The third-order valence-corrected chi connectivity index (χ3v) is 12.2. The minimum absolute atomic E-state index is 0.0793. The molecule has 0 unspecified atom stereocenters. The first-order chi connectivity index (χ1) is 27.2. The normalized spacial score (nSPS) is 21.2. The first-order valence-corrected chi connectivity index (χ1v) is 20.9. The van der Waals surface area contributed by atoms with Crippen molar-refractivity contribution in [2.75, 3.05) is 27.2 Å². The van der Waals surface area contributed by atoms with Crippen LogP contribution in [0.1, 0.15) is 95.9 Å². The number of benzene rings is 2. The monoisotopic (exact) mass is 776 g/mol. The molecule has 0 radical (unpaired) electrons. The van der Waals surface area contributed by atoms with Crippen molar-refractivity contribution in [1.82, 2.24) is 30.2 Å². The Balaban J connectivity index is 1.37. The maximum absolute atomic E-state index is 14.5. The third kappa shape index (κ3) is 8.46. The van der Waals surface area contributed by atoms with Crippen molar-refractivity contribution in [1.29, 1.82) is 0 Å². The van der Waals surface area contributed by atoms with Crippen molar-refractivity contribution in [2.45, 2.75) is 117 Å². The molecule has 0 spiro atoms. The zero-order valence-electron chi connectivity index (χ0n) is 34.7. The Labute approximate surface area is 337 Å². The fraction of sp³-hybridized carbons (Fsp3) is 0.522. The van der Waals surface area contributed by atoms with E-state index in [2.05, 4.69) is 74.2 Å². The molecule has 57 heavy (non-hydrogen) atoms. The minimum atomic E-state index is -0.944. The van der Waals surface area contributed by atoms with E-state index >= 15 is 0 Å². The summed E-state index contributed by atoms with van der Waals surface area (Å²) in [5.41, 5.74) is 10.6. The van der Waals surface area contributed by atoms with Gasteiger partial charge in [-0.2, -0.15) is 0 Å². The highest BCUT2D eigenvalue weighted by Crippen LogP contribution is 2.42. The number of carbonyl (C=O) groups excluding carboxylic acids is 3. The quantitative estimate of drug-likeness (QED) is 0.172. The number of nitrogens with one attached hydrogen (secondary N) is 2. The lowest BCUT2D eigenvalue weighted by Gasteiger charge is -2.36. The van der Waals surface area contributed by atoms with Crippen LogP contribution in [-0.2, 0) is 38.5 Å². The number of cyclic esters (lactones) is 1. The van der Waals surface area contributed by atoms with Gasteiger partial charge in [0.25, 0.3) is 5.91 Å². The van der Waals surface area contributed by atoms with Crippen LogP contribution in [0.4, 0.5) is 0 Å². The summed E-state index contributed by atoms with van der Waals surface area (Å²) < 4.78 is 8.47. The third-order valence-electron chi connectivity index (χ3n) is 12.2. The standard InChI is InChI=1S/C46H60N6O5/c1-8-51-39-18-17-31-25-35(39)36(42(51)34-15-11-19-47-40(34)28(2)3)26-46(4,5)27-57-45(56)37-16-12-20-52(49-37)44(55)38(23-29-21-32(31)24-33(53)22-29)48-43(54)41(50(6)7)30-13-9-10-14-30/h11,15,17-19,21-22,24-25,28,30,37-38,41,49,53H,8-10,12-14,16,20,23,26-27H2,1-7H3,(H,48,54)/t37-,38-,41-/m0/s1. The Morgan fingerprint density at radius 3 is 2.54 bits per heavy atom. The van der Waals surface area contributed by atoms with Crippen molar-refractivity contribution < 1.29 is 24.2 Å². The molecule has 1 saturated carbocycles. The zero-order chi connectivity index (χ0) is 40.6. The van der Waals surface area contributed by atoms with E-state index in [0.717, 1.165) is 76.8 Å². The Bertz CT molecular complexity index is 2130. The van der Waals surface area contributed by atoms with Crippen LogP contribution in [0, 0.1) is 11.3 Å². The second kappa shape index (κ2) is 16.6. The molecule has 3 aliphatic rings. The second-order valence-corrected chi connectivity index (χ2v) is 17.8. The number of fused-ring (bicyclic) bond motifs is 6. The first kappa shape index (κ1) is 40.5. The highest BCUT2D eigenvalue weighted by Gasteiger charge is 2.38. The highest BCUT2D eigenvalue weighted by atomic mass is 16.5. The number of esters is 1. The number of aromatic nitrogens is 2. The largest absolute Gasteiger partial charge is 0.508 e. The van der Waals surface area contributed by atoms with Crippen molar-refractivity contribution in [3.8, 4) is 28.1 Å². The average Bonchev–Trinajstić information content (AvgIpc) is 3.81. The van der Waals surface area contributed by atoms with E-state index in [0.29, 0.717) is 31.4 Å². The summed E-state index contributed by atoms with van der Waals surface area (Å²) in [6.45, 7) is 12.1. The first-order valence-electron chi connectivity index (χ1n) is 20.9. The minimum Gasteiger partial charge on any atom is -0.508 e. The number of aromatic hydroxyl groups is 1. The number of amides is 2. The van der Waals surface area contributed by atoms with Crippen LogP contribution in [0.15, 0.2) is 54.7 Å². The summed E-state index contributed by atoms with van der Waals surface area (Å²) >= 11 is 0. The number of pyridine rings is 1. The molecule has 3 atom stereocenters. The van der Waals surface area contributed by atoms with Gasteiger partial charge in [-0.15, -0.1) is 0 Å². The Hall–Kier alpha value is -4.74. The number of rotatable bonds is 7. The molecule has 2 fully saturated rings. The lowest BCUT2D eigenvalue weighted by atomic mass is 9.83. The van der Waals surface area contributed by atoms with Gasteiger partial charge in [0, 0.05) is 47.6 Å². The van der Waals surface area contributed by atoms with Gasteiger partial charge in [0.2, 0.25) is 5.91 Å². The van der Waals surface area contributed by atoms with Crippen LogP contribution in [0.25, 0.3) is 33.3 Å². The van der Waals surface area contributed by atoms with Crippen molar-refractivity contribution >= 4 is 28.7 Å². The molecule has 2 aromatic heterocycles. The van der Waals surface area contributed by atoms with Crippen LogP contribution in [0.5, 0.6) is 5.75 Å². The van der Waals surface area contributed by atoms with E-state index < -0.39 is 23.5 Å².